The van der Waals surface area contributed by atoms with Gasteiger partial charge in [0.15, 0.2) is 17.2 Å². The molecular weight excluding hydrogens is 472 g/mol. The van der Waals surface area contributed by atoms with Crippen molar-refractivity contribution in [3.05, 3.63) is 95.6 Å². The SMILES string of the molecule is COc1cc(C2=N/C(=C\c3ccc(OCc4cn5ccccc5n4)cc3)C(=O)O2)ccc1OC(F)F. The molecule has 8 nitrogen and oxygen atoms in total. The number of ether oxygens (including phenoxy) is 4. The van der Waals surface area contributed by atoms with E-state index >= 15 is 0 Å². The van der Waals surface area contributed by atoms with Crippen LogP contribution in [0.4, 0.5) is 8.78 Å². The molecule has 1 aliphatic rings. The number of alkyl halides is 2. The fourth-order valence-electron chi connectivity index (χ4n) is 3.56. The first-order chi connectivity index (χ1) is 17.5. The van der Waals surface area contributed by atoms with E-state index in [4.69, 9.17) is 14.2 Å². The Kier molecular flexibility index (Phi) is 6.31. The van der Waals surface area contributed by atoms with Crippen LogP contribution >= 0.6 is 0 Å². The third-order valence-corrected chi connectivity index (χ3v) is 5.23. The number of hydrogen-bond donors (Lipinski definition) is 0. The van der Waals surface area contributed by atoms with Crippen LogP contribution in [0, 0.1) is 0 Å². The van der Waals surface area contributed by atoms with Gasteiger partial charge in [0.25, 0.3) is 0 Å². The smallest absolute Gasteiger partial charge is 0.387 e. The molecule has 1 aliphatic heterocycles. The molecular formula is C26H19F2N3O5. The van der Waals surface area contributed by atoms with Crippen LogP contribution in [0.25, 0.3) is 11.7 Å². The minimum atomic E-state index is -3.00. The molecule has 182 valence electrons. The van der Waals surface area contributed by atoms with Gasteiger partial charge in [0.05, 0.1) is 12.8 Å². The molecule has 0 saturated carbocycles. The largest absolute Gasteiger partial charge is 0.493 e. The van der Waals surface area contributed by atoms with Gasteiger partial charge >= 0.3 is 12.6 Å². The van der Waals surface area contributed by atoms with Crippen LogP contribution in [-0.4, -0.2) is 35.0 Å². The Bertz CT molecular complexity index is 1450. The molecule has 0 radical (unpaired) electrons. The van der Waals surface area contributed by atoms with Gasteiger partial charge in [0.1, 0.15) is 18.0 Å². The topological polar surface area (TPSA) is 83.7 Å². The number of hydrogen-bond acceptors (Lipinski definition) is 7. The van der Waals surface area contributed by atoms with Gasteiger partial charge in [-0.1, -0.05) is 18.2 Å². The van der Waals surface area contributed by atoms with Gasteiger partial charge in [-0.05, 0) is 54.1 Å². The van der Waals surface area contributed by atoms with Gasteiger partial charge in [-0.25, -0.2) is 14.8 Å². The number of methoxy groups -OCH3 is 1. The number of nitrogens with zero attached hydrogens (tertiary/aromatic N) is 3. The van der Waals surface area contributed by atoms with E-state index in [2.05, 4.69) is 14.7 Å². The van der Waals surface area contributed by atoms with Gasteiger partial charge in [0, 0.05) is 18.0 Å². The molecule has 2 aromatic carbocycles. The number of benzene rings is 2. The van der Waals surface area contributed by atoms with Crippen molar-refractivity contribution in [2.45, 2.75) is 13.2 Å². The zero-order valence-electron chi connectivity index (χ0n) is 18.9. The van der Waals surface area contributed by atoms with Crippen LogP contribution in [-0.2, 0) is 16.1 Å². The number of pyridine rings is 1. The third-order valence-electron chi connectivity index (χ3n) is 5.23. The Balaban J connectivity index is 1.27. The zero-order chi connectivity index (χ0) is 25.1. The molecule has 0 saturated heterocycles. The highest BCUT2D eigenvalue weighted by Gasteiger charge is 2.25. The standard InChI is InChI=1S/C26H19F2N3O5/c1-33-22-13-17(7-10-21(22)35-26(27)28)24-30-20(25(32)36-24)12-16-5-8-19(9-6-16)34-15-18-14-31-11-3-2-4-23(31)29-18/h2-14,26H,15H2,1H3/b20-12-. The first-order valence-electron chi connectivity index (χ1n) is 10.8. The molecule has 0 atom stereocenters. The highest BCUT2D eigenvalue weighted by Crippen LogP contribution is 2.31. The number of aromatic nitrogens is 2. The minimum absolute atomic E-state index is 0.0283. The van der Waals surface area contributed by atoms with Gasteiger partial charge in [0.2, 0.25) is 5.90 Å². The predicted octanol–water partition coefficient (Wildman–Crippen LogP) is 4.87. The number of cyclic esters (lactones) is 1. The van der Waals surface area contributed by atoms with Crippen molar-refractivity contribution in [2.24, 2.45) is 4.99 Å². The molecule has 4 aromatic rings. The molecule has 0 amide bonds. The summed E-state index contributed by atoms with van der Waals surface area (Å²) in [4.78, 5) is 21.1. The normalized spacial score (nSPS) is 14.3. The van der Waals surface area contributed by atoms with Crippen LogP contribution in [0.5, 0.6) is 17.2 Å². The van der Waals surface area contributed by atoms with E-state index < -0.39 is 12.6 Å². The Morgan fingerprint density at radius 2 is 1.92 bits per heavy atom. The van der Waals surface area contributed by atoms with Crippen molar-refractivity contribution in [3.8, 4) is 17.2 Å². The second-order valence-electron chi connectivity index (χ2n) is 7.64. The number of carbonyl (C=O) groups is 1. The van der Waals surface area contributed by atoms with Gasteiger partial charge in [-0.15, -0.1) is 0 Å². The molecule has 0 fully saturated rings. The quantitative estimate of drug-likeness (QED) is 0.258. The van der Waals surface area contributed by atoms with Crippen LogP contribution in [0.3, 0.4) is 0 Å². The van der Waals surface area contributed by atoms with Gasteiger partial charge < -0.3 is 23.3 Å². The fraction of sp³-hybridized carbons (Fsp3) is 0.115. The number of imidazole rings is 1. The third kappa shape index (κ3) is 5.02. The Hall–Kier alpha value is -4.73. The summed E-state index contributed by atoms with van der Waals surface area (Å²) in [5.74, 6) is -0.0427. The summed E-state index contributed by atoms with van der Waals surface area (Å²) in [6.45, 7) is -2.68. The van der Waals surface area contributed by atoms with E-state index in [0.717, 1.165) is 11.3 Å². The Morgan fingerprint density at radius 1 is 1.08 bits per heavy atom. The van der Waals surface area contributed by atoms with Crippen molar-refractivity contribution in [1.82, 2.24) is 9.38 Å². The van der Waals surface area contributed by atoms with E-state index in [1.165, 1.54) is 25.3 Å². The molecule has 0 spiro atoms. The van der Waals surface area contributed by atoms with Crippen molar-refractivity contribution in [1.29, 1.82) is 0 Å². The molecule has 10 heteroatoms. The maximum atomic E-state index is 12.5. The number of esters is 1. The molecule has 0 N–H and O–H groups in total. The van der Waals surface area contributed by atoms with Crippen LogP contribution in [0.1, 0.15) is 16.8 Å². The Labute approximate surface area is 204 Å². The molecule has 0 bridgehead atoms. The van der Waals surface area contributed by atoms with Crippen molar-refractivity contribution < 1.29 is 32.5 Å². The van der Waals surface area contributed by atoms with E-state index in [1.54, 1.807) is 30.3 Å². The minimum Gasteiger partial charge on any atom is -0.493 e. The van der Waals surface area contributed by atoms with E-state index in [9.17, 15) is 13.6 Å². The maximum absolute atomic E-state index is 12.5. The number of fused-ring (bicyclic) bond motifs is 1. The van der Waals surface area contributed by atoms with Crippen LogP contribution < -0.4 is 14.2 Å². The lowest BCUT2D eigenvalue weighted by atomic mass is 10.2. The predicted molar refractivity (Wildman–Crippen MR) is 126 cm³/mol. The van der Waals surface area contributed by atoms with E-state index in [0.29, 0.717) is 23.5 Å². The average molecular weight is 491 g/mol. The molecule has 0 aliphatic carbocycles. The summed E-state index contributed by atoms with van der Waals surface area (Å²) in [6.07, 6.45) is 5.40. The molecule has 36 heavy (non-hydrogen) atoms. The van der Waals surface area contributed by atoms with Crippen LogP contribution in [0.2, 0.25) is 0 Å². The van der Waals surface area contributed by atoms with Crippen molar-refractivity contribution >= 4 is 23.6 Å². The van der Waals surface area contributed by atoms with E-state index in [1.807, 2.05) is 35.0 Å². The number of carbonyl (C=O) groups excluding carboxylic acids is 1. The zero-order valence-corrected chi connectivity index (χ0v) is 18.9. The number of rotatable bonds is 8. The summed E-state index contributed by atoms with van der Waals surface area (Å²) in [5, 5.41) is 0. The maximum Gasteiger partial charge on any atom is 0.387 e. The fourth-order valence-corrected chi connectivity index (χ4v) is 3.56. The van der Waals surface area contributed by atoms with Gasteiger partial charge in [-0.3, -0.25) is 0 Å². The summed E-state index contributed by atoms with van der Waals surface area (Å²) < 4.78 is 47.6. The highest BCUT2D eigenvalue weighted by molar-refractivity contribution is 6.13. The Morgan fingerprint density at radius 3 is 2.67 bits per heavy atom. The highest BCUT2D eigenvalue weighted by atomic mass is 19.3. The average Bonchev–Trinajstić information content (AvgIpc) is 3.46. The summed E-state index contributed by atoms with van der Waals surface area (Å²) >= 11 is 0. The monoisotopic (exact) mass is 491 g/mol. The first kappa shape index (κ1) is 23.0. The summed E-state index contributed by atoms with van der Waals surface area (Å²) in [7, 11) is 1.32. The first-order valence-corrected chi connectivity index (χ1v) is 10.8. The van der Waals surface area contributed by atoms with Crippen molar-refractivity contribution in [2.75, 3.05) is 7.11 Å². The lowest BCUT2D eigenvalue weighted by Gasteiger charge is -2.10. The summed E-state index contributed by atoms with van der Waals surface area (Å²) in [6, 6.07) is 17.0. The molecule has 5 rings (SSSR count). The number of aliphatic imine (C=N–C) groups is 1. The lowest BCUT2D eigenvalue weighted by molar-refractivity contribution is -0.129. The molecule has 0 unspecified atom stereocenters. The van der Waals surface area contributed by atoms with E-state index in [-0.39, 0.29) is 23.1 Å². The molecule has 3 heterocycles. The second kappa shape index (κ2) is 9.87. The number of halogens is 2. The molecule has 2 aromatic heterocycles. The second-order valence-corrected chi connectivity index (χ2v) is 7.64. The van der Waals surface area contributed by atoms with Gasteiger partial charge in [-0.2, -0.15) is 8.78 Å². The van der Waals surface area contributed by atoms with Crippen LogP contribution in [0.15, 0.2) is 83.7 Å². The summed E-state index contributed by atoms with van der Waals surface area (Å²) in [5.41, 5.74) is 2.83. The lowest BCUT2D eigenvalue weighted by Crippen LogP contribution is -2.07. The van der Waals surface area contributed by atoms with Crippen molar-refractivity contribution in [3.63, 3.8) is 0 Å².